The first-order valence-corrected chi connectivity index (χ1v) is 10.1. The normalized spacial score (nSPS) is 10.9. The predicted molar refractivity (Wildman–Crippen MR) is 116 cm³/mol. The molecule has 0 radical (unpaired) electrons. The maximum absolute atomic E-state index is 13.0. The van der Waals surface area contributed by atoms with Crippen LogP contribution < -0.4 is 10.6 Å². The van der Waals surface area contributed by atoms with Crippen LogP contribution in [0.2, 0.25) is 0 Å². The van der Waals surface area contributed by atoms with E-state index in [0.717, 1.165) is 41.6 Å². The number of fused-ring (bicyclic) bond motifs is 1. The van der Waals surface area contributed by atoms with Crippen molar-refractivity contribution < 1.29 is 9.59 Å². The Labute approximate surface area is 171 Å². The Morgan fingerprint density at radius 1 is 1.03 bits per heavy atom. The number of anilines is 1. The van der Waals surface area contributed by atoms with Crippen molar-refractivity contribution in [2.45, 2.75) is 47.0 Å². The van der Waals surface area contributed by atoms with E-state index in [-0.39, 0.29) is 23.3 Å². The van der Waals surface area contributed by atoms with Crippen LogP contribution in [0.1, 0.15) is 64.0 Å². The van der Waals surface area contributed by atoms with Gasteiger partial charge in [0.1, 0.15) is 0 Å². The molecule has 6 nitrogen and oxygen atoms in total. The summed E-state index contributed by atoms with van der Waals surface area (Å²) in [5, 5.41) is 5.88. The second-order valence-corrected chi connectivity index (χ2v) is 7.43. The third-order valence-electron chi connectivity index (χ3n) is 4.95. The van der Waals surface area contributed by atoms with Gasteiger partial charge in [-0.2, -0.15) is 0 Å². The molecular weight excluding hydrogens is 364 g/mol. The van der Waals surface area contributed by atoms with Gasteiger partial charge in [0.2, 0.25) is 5.82 Å². The van der Waals surface area contributed by atoms with Gasteiger partial charge in [-0.05, 0) is 50.5 Å². The Kier molecular flexibility index (Phi) is 6.32. The molecule has 0 unspecified atom stereocenters. The van der Waals surface area contributed by atoms with Gasteiger partial charge in [-0.25, -0.2) is 4.98 Å². The van der Waals surface area contributed by atoms with E-state index in [0.29, 0.717) is 12.1 Å². The highest BCUT2D eigenvalue weighted by atomic mass is 16.2. The summed E-state index contributed by atoms with van der Waals surface area (Å²) >= 11 is 0. The van der Waals surface area contributed by atoms with Crippen LogP contribution in [0.3, 0.4) is 0 Å². The monoisotopic (exact) mass is 392 g/mol. The van der Waals surface area contributed by atoms with E-state index < -0.39 is 0 Å². The molecule has 3 aromatic rings. The van der Waals surface area contributed by atoms with Gasteiger partial charge in [0.05, 0.1) is 5.52 Å². The van der Waals surface area contributed by atoms with Crippen molar-refractivity contribution in [1.82, 2.24) is 14.7 Å². The number of aromatic nitrogens is 2. The third-order valence-corrected chi connectivity index (χ3v) is 4.95. The molecule has 0 aliphatic rings. The second kappa shape index (κ2) is 8.90. The number of hydrogen-bond acceptors (Lipinski definition) is 3. The SMILES string of the molecule is CCCCCNC(=O)c1nc(C(=O)Nc2c(C)cc(C)cc2C)c2ccccn12. The minimum Gasteiger partial charge on any atom is -0.349 e. The summed E-state index contributed by atoms with van der Waals surface area (Å²) in [6, 6.07) is 9.51. The Morgan fingerprint density at radius 2 is 1.76 bits per heavy atom. The van der Waals surface area contributed by atoms with Gasteiger partial charge in [-0.3, -0.25) is 14.0 Å². The molecule has 29 heavy (non-hydrogen) atoms. The van der Waals surface area contributed by atoms with E-state index in [4.69, 9.17) is 0 Å². The summed E-state index contributed by atoms with van der Waals surface area (Å²) < 4.78 is 1.67. The molecule has 0 saturated carbocycles. The largest absolute Gasteiger partial charge is 0.349 e. The molecule has 2 aromatic heterocycles. The third kappa shape index (κ3) is 4.47. The molecule has 0 aliphatic carbocycles. The number of hydrogen-bond donors (Lipinski definition) is 2. The molecule has 1 aromatic carbocycles. The van der Waals surface area contributed by atoms with Gasteiger partial charge >= 0.3 is 0 Å². The van der Waals surface area contributed by atoms with E-state index in [9.17, 15) is 9.59 Å². The lowest BCUT2D eigenvalue weighted by Gasteiger charge is -2.12. The Morgan fingerprint density at radius 3 is 2.45 bits per heavy atom. The highest BCUT2D eigenvalue weighted by molar-refractivity contribution is 6.09. The molecule has 0 spiro atoms. The van der Waals surface area contributed by atoms with Crippen LogP contribution in [0.15, 0.2) is 36.5 Å². The number of benzene rings is 1. The molecule has 2 amide bonds. The van der Waals surface area contributed by atoms with Crippen LogP contribution in [0.4, 0.5) is 5.69 Å². The quantitative estimate of drug-likeness (QED) is 0.584. The van der Waals surface area contributed by atoms with Gasteiger partial charge in [-0.15, -0.1) is 0 Å². The number of nitrogens with zero attached hydrogens (tertiary/aromatic N) is 2. The molecule has 3 rings (SSSR count). The van der Waals surface area contributed by atoms with E-state index in [1.54, 1.807) is 16.7 Å². The first-order valence-electron chi connectivity index (χ1n) is 10.1. The first-order chi connectivity index (χ1) is 13.9. The fraction of sp³-hybridized carbons (Fsp3) is 0.348. The molecule has 6 heteroatoms. The number of rotatable bonds is 7. The number of carbonyl (C=O) groups excluding carboxylic acids is 2. The second-order valence-electron chi connectivity index (χ2n) is 7.43. The summed E-state index contributed by atoms with van der Waals surface area (Å²) in [4.78, 5) is 30.1. The fourth-order valence-electron chi connectivity index (χ4n) is 3.57. The topological polar surface area (TPSA) is 75.5 Å². The summed E-state index contributed by atoms with van der Waals surface area (Å²) in [7, 11) is 0. The van der Waals surface area contributed by atoms with E-state index in [1.165, 1.54) is 0 Å². The van der Waals surface area contributed by atoms with E-state index >= 15 is 0 Å². The van der Waals surface area contributed by atoms with Crippen molar-refractivity contribution in [3.05, 3.63) is 64.7 Å². The van der Waals surface area contributed by atoms with Gasteiger partial charge in [-0.1, -0.05) is 43.5 Å². The number of amides is 2. The highest BCUT2D eigenvalue weighted by Crippen LogP contribution is 2.23. The average molecular weight is 393 g/mol. The molecular formula is C23H28N4O2. The molecule has 0 fully saturated rings. The van der Waals surface area contributed by atoms with Crippen molar-refractivity contribution in [2.75, 3.05) is 11.9 Å². The maximum atomic E-state index is 13.0. The van der Waals surface area contributed by atoms with E-state index in [2.05, 4.69) is 22.5 Å². The lowest BCUT2D eigenvalue weighted by molar-refractivity contribution is 0.0942. The van der Waals surface area contributed by atoms with Crippen LogP contribution in [0, 0.1) is 20.8 Å². The van der Waals surface area contributed by atoms with Gasteiger partial charge in [0.25, 0.3) is 11.8 Å². The Hall–Kier alpha value is -3.15. The highest BCUT2D eigenvalue weighted by Gasteiger charge is 2.22. The molecule has 0 bridgehead atoms. The predicted octanol–water partition coefficient (Wildman–Crippen LogP) is 4.43. The smallest absolute Gasteiger partial charge is 0.287 e. The summed E-state index contributed by atoms with van der Waals surface area (Å²) in [6.07, 6.45) is 4.82. The summed E-state index contributed by atoms with van der Waals surface area (Å²) in [6.45, 7) is 8.68. The number of pyridine rings is 1. The Balaban J connectivity index is 1.90. The lowest BCUT2D eigenvalue weighted by Crippen LogP contribution is -2.26. The van der Waals surface area contributed by atoms with Crippen LogP contribution in [-0.4, -0.2) is 27.7 Å². The zero-order chi connectivity index (χ0) is 21.0. The minimum atomic E-state index is -0.325. The molecule has 152 valence electrons. The van der Waals surface area contributed by atoms with Gasteiger partial charge < -0.3 is 10.6 Å². The fourth-order valence-corrected chi connectivity index (χ4v) is 3.57. The summed E-state index contributed by atoms with van der Waals surface area (Å²) in [5.74, 6) is -0.377. The zero-order valence-corrected chi connectivity index (χ0v) is 17.5. The molecule has 2 heterocycles. The standard InChI is InChI=1S/C23H28N4O2/c1-5-6-8-11-24-23(29)21-25-20(18-10-7-9-12-27(18)21)22(28)26-19-16(3)13-15(2)14-17(19)4/h7,9-10,12-14H,5-6,8,11H2,1-4H3,(H,24,29)(H,26,28). The number of carbonyl (C=O) groups is 2. The summed E-state index contributed by atoms with van der Waals surface area (Å²) in [5.41, 5.74) is 4.76. The van der Waals surface area contributed by atoms with Crippen molar-refractivity contribution in [2.24, 2.45) is 0 Å². The van der Waals surface area contributed by atoms with E-state index in [1.807, 2.05) is 45.0 Å². The van der Waals surface area contributed by atoms with Crippen LogP contribution in [0.5, 0.6) is 0 Å². The molecule has 0 saturated heterocycles. The number of nitrogens with one attached hydrogen (secondary N) is 2. The Bertz CT molecular complexity index is 1030. The van der Waals surface area contributed by atoms with Gasteiger partial charge in [0, 0.05) is 18.4 Å². The molecule has 0 atom stereocenters. The first kappa shape index (κ1) is 20.6. The molecule has 0 aliphatic heterocycles. The van der Waals surface area contributed by atoms with Crippen molar-refractivity contribution >= 4 is 23.0 Å². The van der Waals surface area contributed by atoms with Crippen molar-refractivity contribution in [1.29, 1.82) is 0 Å². The van der Waals surface area contributed by atoms with Crippen molar-refractivity contribution in [3.8, 4) is 0 Å². The zero-order valence-electron chi connectivity index (χ0n) is 17.5. The van der Waals surface area contributed by atoms with Gasteiger partial charge in [0.15, 0.2) is 5.69 Å². The lowest BCUT2D eigenvalue weighted by atomic mass is 10.0. The van der Waals surface area contributed by atoms with Crippen molar-refractivity contribution in [3.63, 3.8) is 0 Å². The minimum absolute atomic E-state index is 0.222. The average Bonchev–Trinajstić information content (AvgIpc) is 3.08. The van der Waals surface area contributed by atoms with Crippen LogP contribution in [-0.2, 0) is 0 Å². The van der Waals surface area contributed by atoms with Crippen LogP contribution >= 0.6 is 0 Å². The molecule has 2 N–H and O–H groups in total. The number of aryl methyl sites for hydroxylation is 3. The van der Waals surface area contributed by atoms with Crippen LogP contribution in [0.25, 0.3) is 5.52 Å². The maximum Gasteiger partial charge on any atom is 0.287 e. The number of unbranched alkanes of at least 4 members (excludes halogenated alkanes) is 2. The number of imidazole rings is 1.